The standard InChI is InChI=1S/C13H17N3O4/c1-9-6-11(16(18)19)7-14-12(9)15-5-3-4-10(8-15)13(17)20-2/h6-7,10H,3-5,8H2,1-2H3/t10-/m1/s1. The maximum absolute atomic E-state index is 11.6. The first-order valence-electron chi connectivity index (χ1n) is 6.46. The van der Waals surface area contributed by atoms with Crippen LogP contribution in [0.3, 0.4) is 0 Å². The molecule has 0 N–H and O–H groups in total. The topological polar surface area (TPSA) is 85.6 Å². The van der Waals surface area contributed by atoms with Crippen molar-refractivity contribution in [1.29, 1.82) is 0 Å². The summed E-state index contributed by atoms with van der Waals surface area (Å²) in [7, 11) is 1.39. The quantitative estimate of drug-likeness (QED) is 0.475. The van der Waals surface area contributed by atoms with Crippen LogP contribution in [0.25, 0.3) is 0 Å². The molecule has 1 aromatic heterocycles. The van der Waals surface area contributed by atoms with Gasteiger partial charge >= 0.3 is 5.97 Å². The second-order valence-corrected chi connectivity index (χ2v) is 4.90. The Labute approximate surface area is 116 Å². The number of nitrogens with zero attached hydrogens (tertiary/aromatic N) is 3. The number of piperidine rings is 1. The van der Waals surface area contributed by atoms with Crippen LogP contribution in [-0.2, 0) is 9.53 Å². The Bertz CT molecular complexity index is 532. The van der Waals surface area contributed by atoms with Gasteiger partial charge in [-0.25, -0.2) is 4.98 Å². The number of carbonyl (C=O) groups excluding carboxylic acids is 1. The third-order valence-corrected chi connectivity index (χ3v) is 3.50. The van der Waals surface area contributed by atoms with Gasteiger partial charge in [0.15, 0.2) is 0 Å². The van der Waals surface area contributed by atoms with E-state index in [-0.39, 0.29) is 17.6 Å². The van der Waals surface area contributed by atoms with E-state index in [1.807, 2.05) is 4.90 Å². The summed E-state index contributed by atoms with van der Waals surface area (Å²) < 4.78 is 4.78. The molecule has 0 aliphatic carbocycles. The number of esters is 1. The average molecular weight is 279 g/mol. The van der Waals surface area contributed by atoms with Crippen molar-refractivity contribution < 1.29 is 14.5 Å². The van der Waals surface area contributed by atoms with Gasteiger partial charge in [-0.15, -0.1) is 0 Å². The molecule has 7 heteroatoms. The van der Waals surface area contributed by atoms with E-state index in [0.29, 0.717) is 12.4 Å². The van der Waals surface area contributed by atoms with Crippen molar-refractivity contribution >= 4 is 17.5 Å². The van der Waals surface area contributed by atoms with Crippen molar-refractivity contribution in [2.45, 2.75) is 19.8 Å². The zero-order valence-electron chi connectivity index (χ0n) is 11.5. The Morgan fingerprint density at radius 3 is 2.95 bits per heavy atom. The molecule has 2 rings (SSSR count). The fourth-order valence-corrected chi connectivity index (χ4v) is 2.51. The van der Waals surface area contributed by atoms with Crippen LogP contribution in [0.4, 0.5) is 11.5 Å². The normalized spacial score (nSPS) is 18.7. The number of pyridine rings is 1. The van der Waals surface area contributed by atoms with E-state index in [9.17, 15) is 14.9 Å². The maximum atomic E-state index is 11.6. The SMILES string of the molecule is COC(=O)[C@@H]1CCCN(c2ncc([N+](=O)[O-])cc2C)C1. The minimum atomic E-state index is -0.461. The van der Waals surface area contributed by atoms with Gasteiger partial charge in [0.1, 0.15) is 12.0 Å². The summed E-state index contributed by atoms with van der Waals surface area (Å²) in [5, 5.41) is 10.7. The molecule has 0 aromatic carbocycles. The zero-order chi connectivity index (χ0) is 14.7. The van der Waals surface area contributed by atoms with Crippen molar-refractivity contribution in [3.8, 4) is 0 Å². The molecule has 1 saturated heterocycles. The predicted molar refractivity (Wildman–Crippen MR) is 72.6 cm³/mol. The van der Waals surface area contributed by atoms with E-state index < -0.39 is 4.92 Å². The first-order chi connectivity index (χ1) is 9.52. The summed E-state index contributed by atoms with van der Waals surface area (Å²) in [5.74, 6) is 0.323. The number of aryl methyl sites for hydroxylation is 1. The van der Waals surface area contributed by atoms with Gasteiger partial charge in [0, 0.05) is 19.2 Å². The molecule has 0 radical (unpaired) electrons. The van der Waals surface area contributed by atoms with E-state index in [1.165, 1.54) is 19.4 Å². The highest BCUT2D eigenvalue weighted by Gasteiger charge is 2.28. The Balaban J connectivity index is 2.19. The number of rotatable bonds is 3. The fourth-order valence-electron chi connectivity index (χ4n) is 2.51. The van der Waals surface area contributed by atoms with E-state index in [0.717, 1.165) is 24.9 Å². The van der Waals surface area contributed by atoms with Gasteiger partial charge in [-0.2, -0.15) is 0 Å². The molecule has 108 valence electrons. The summed E-state index contributed by atoms with van der Waals surface area (Å²) in [4.78, 5) is 28.0. The van der Waals surface area contributed by atoms with Crippen LogP contribution in [0.1, 0.15) is 18.4 Å². The van der Waals surface area contributed by atoms with Gasteiger partial charge < -0.3 is 9.64 Å². The van der Waals surface area contributed by atoms with E-state index in [2.05, 4.69) is 4.98 Å². The van der Waals surface area contributed by atoms with Crippen molar-refractivity contribution in [2.24, 2.45) is 5.92 Å². The molecule has 0 unspecified atom stereocenters. The largest absolute Gasteiger partial charge is 0.469 e. The number of nitro groups is 1. The lowest BCUT2D eigenvalue weighted by Gasteiger charge is -2.32. The van der Waals surface area contributed by atoms with Gasteiger partial charge in [-0.05, 0) is 25.3 Å². The molecule has 2 heterocycles. The van der Waals surface area contributed by atoms with Crippen LogP contribution >= 0.6 is 0 Å². The van der Waals surface area contributed by atoms with Gasteiger partial charge in [0.05, 0.1) is 18.0 Å². The van der Waals surface area contributed by atoms with E-state index in [1.54, 1.807) is 6.92 Å². The first-order valence-corrected chi connectivity index (χ1v) is 6.46. The van der Waals surface area contributed by atoms with Gasteiger partial charge in [0.25, 0.3) is 5.69 Å². The first kappa shape index (κ1) is 14.2. The number of anilines is 1. The second kappa shape index (κ2) is 5.85. The molecular weight excluding hydrogens is 262 g/mol. The fraction of sp³-hybridized carbons (Fsp3) is 0.538. The summed E-state index contributed by atoms with van der Waals surface area (Å²) in [6, 6.07) is 1.50. The third-order valence-electron chi connectivity index (χ3n) is 3.50. The summed E-state index contributed by atoms with van der Waals surface area (Å²) >= 11 is 0. The number of methoxy groups -OCH3 is 1. The smallest absolute Gasteiger partial charge is 0.310 e. The summed E-state index contributed by atoms with van der Waals surface area (Å²) in [6.07, 6.45) is 2.93. The number of aromatic nitrogens is 1. The minimum absolute atomic E-state index is 0.0206. The molecule has 7 nitrogen and oxygen atoms in total. The van der Waals surface area contributed by atoms with Gasteiger partial charge in [-0.1, -0.05) is 0 Å². The van der Waals surface area contributed by atoms with Crippen LogP contribution in [0.15, 0.2) is 12.3 Å². The molecule has 20 heavy (non-hydrogen) atoms. The van der Waals surface area contributed by atoms with E-state index >= 15 is 0 Å². The van der Waals surface area contributed by atoms with Crippen molar-refractivity contribution in [3.05, 3.63) is 27.9 Å². The molecule has 0 spiro atoms. The summed E-state index contributed by atoms with van der Waals surface area (Å²) in [5.41, 5.74) is 0.720. The highest BCUT2D eigenvalue weighted by atomic mass is 16.6. The molecule has 0 amide bonds. The lowest BCUT2D eigenvalue weighted by Crippen LogP contribution is -2.39. The molecule has 1 atom stereocenters. The Morgan fingerprint density at radius 1 is 1.60 bits per heavy atom. The van der Waals surface area contributed by atoms with E-state index in [4.69, 9.17) is 4.74 Å². The average Bonchev–Trinajstić information content (AvgIpc) is 2.46. The Kier molecular flexibility index (Phi) is 4.16. The molecule has 1 fully saturated rings. The van der Waals surface area contributed by atoms with Gasteiger partial charge in [-0.3, -0.25) is 14.9 Å². The lowest BCUT2D eigenvalue weighted by atomic mass is 9.98. The number of ether oxygens (including phenoxy) is 1. The van der Waals surface area contributed by atoms with Crippen molar-refractivity contribution in [1.82, 2.24) is 4.98 Å². The zero-order valence-corrected chi connectivity index (χ0v) is 11.5. The van der Waals surface area contributed by atoms with Crippen LogP contribution in [0, 0.1) is 23.0 Å². The third kappa shape index (κ3) is 2.87. The number of hydrogen-bond donors (Lipinski definition) is 0. The van der Waals surface area contributed by atoms with Crippen LogP contribution in [0.5, 0.6) is 0 Å². The van der Waals surface area contributed by atoms with Crippen LogP contribution < -0.4 is 4.90 Å². The molecule has 0 bridgehead atoms. The molecule has 1 aliphatic rings. The van der Waals surface area contributed by atoms with Crippen molar-refractivity contribution in [3.63, 3.8) is 0 Å². The molecule has 1 aliphatic heterocycles. The predicted octanol–water partition coefficient (Wildman–Crippen LogP) is 1.69. The van der Waals surface area contributed by atoms with Crippen molar-refractivity contribution in [2.75, 3.05) is 25.1 Å². The highest BCUT2D eigenvalue weighted by Crippen LogP contribution is 2.26. The molecule has 0 saturated carbocycles. The second-order valence-electron chi connectivity index (χ2n) is 4.90. The van der Waals surface area contributed by atoms with Gasteiger partial charge in [0.2, 0.25) is 0 Å². The minimum Gasteiger partial charge on any atom is -0.469 e. The lowest BCUT2D eigenvalue weighted by molar-refractivity contribution is -0.385. The van der Waals surface area contributed by atoms with Crippen LogP contribution in [-0.4, -0.2) is 36.1 Å². The monoisotopic (exact) mass is 279 g/mol. The molecular formula is C13H17N3O4. The summed E-state index contributed by atoms with van der Waals surface area (Å²) in [6.45, 7) is 3.12. The maximum Gasteiger partial charge on any atom is 0.310 e. The number of hydrogen-bond acceptors (Lipinski definition) is 6. The van der Waals surface area contributed by atoms with Crippen LogP contribution in [0.2, 0.25) is 0 Å². The Morgan fingerprint density at radius 2 is 2.35 bits per heavy atom. The number of carbonyl (C=O) groups is 1. The Hall–Kier alpha value is -2.18. The highest BCUT2D eigenvalue weighted by molar-refractivity contribution is 5.73. The molecule has 1 aromatic rings.